The van der Waals surface area contributed by atoms with Crippen LogP contribution in [0.25, 0.3) is 11.3 Å². The topological polar surface area (TPSA) is 151 Å². The van der Waals surface area contributed by atoms with Crippen molar-refractivity contribution in [1.82, 2.24) is 19.8 Å². The average Bonchev–Trinajstić information content (AvgIpc) is 2.98. The highest BCUT2D eigenvalue weighted by molar-refractivity contribution is 7.92. The van der Waals surface area contributed by atoms with Crippen LogP contribution in [-0.2, 0) is 14.8 Å². The third-order valence-corrected chi connectivity index (χ3v) is 9.95. The molecule has 5 rings (SSSR count). The fourth-order valence-electron chi connectivity index (χ4n) is 6.46. The number of sulfonamides is 1. The van der Waals surface area contributed by atoms with Gasteiger partial charge in [-0.2, -0.15) is 4.98 Å². The molecule has 1 aromatic heterocycles. The van der Waals surface area contributed by atoms with Gasteiger partial charge in [0.2, 0.25) is 11.8 Å². The predicted octanol–water partition coefficient (Wildman–Crippen LogP) is 4.79. The molecule has 2 aromatic carbocycles. The zero-order chi connectivity index (χ0) is 34.1. The van der Waals surface area contributed by atoms with Crippen molar-refractivity contribution in [2.75, 3.05) is 31.6 Å². The minimum absolute atomic E-state index is 0.0800. The molecule has 0 unspecified atom stereocenters. The van der Waals surface area contributed by atoms with Crippen molar-refractivity contribution >= 4 is 28.0 Å². The van der Waals surface area contributed by atoms with Crippen molar-refractivity contribution in [3.05, 3.63) is 65.2 Å². The molecule has 0 saturated heterocycles. The highest BCUT2D eigenvalue weighted by atomic mass is 32.2. The summed E-state index contributed by atoms with van der Waals surface area (Å²) >= 11 is 0. The van der Waals surface area contributed by atoms with Gasteiger partial charge in [-0.15, -0.1) is 0 Å². The molecule has 2 amide bonds. The largest absolute Gasteiger partial charge is 0.475 e. The van der Waals surface area contributed by atoms with Crippen LogP contribution in [0.3, 0.4) is 0 Å². The van der Waals surface area contributed by atoms with Gasteiger partial charge in [0.15, 0.2) is 0 Å². The number of anilines is 1. The molecule has 0 spiro atoms. The number of nitrogens with zero attached hydrogens (tertiary/aromatic N) is 4. The first-order valence-electron chi connectivity index (χ1n) is 15.7. The molecule has 13 heteroatoms. The Balaban J connectivity index is 1.61. The number of nitrogens with one attached hydrogen (secondary N) is 1. The predicted molar refractivity (Wildman–Crippen MR) is 177 cm³/mol. The Morgan fingerprint density at radius 3 is 2.43 bits per heavy atom. The Morgan fingerprint density at radius 2 is 1.79 bits per heavy atom. The first-order valence-corrected chi connectivity index (χ1v) is 17.2. The number of amides is 2. The summed E-state index contributed by atoms with van der Waals surface area (Å²) in [6.45, 7) is 10.1. The number of aryl methyl sites for hydroxylation is 2. The number of carbonyl (C=O) groups excluding carboxylic acids is 2. The van der Waals surface area contributed by atoms with Crippen molar-refractivity contribution in [3.8, 4) is 17.1 Å². The summed E-state index contributed by atoms with van der Waals surface area (Å²) in [6, 6.07) is 12.5. The van der Waals surface area contributed by atoms with Crippen LogP contribution in [0, 0.1) is 19.3 Å². The van der Waals surface area contributed by atoms with Gasteiger partial charge < -0.3 is 24.4 Å². The lowest BCUT2D eigenvalue weighted by molar-refractivity contribution is -0.00767. The van der Waals surface area contributed by atoms with Crippen LogP contribution in [0.1, 0.15) is 61.5 Å². The van der Waals surface area contributed by atoms with Crippen LogP contribution in [0.5, 0.6) is 5.88 Å². The Bertz CT molecular complexity index is 1730. The fraction of sp³-hybridized carbons (Fsp3) is 0.471. The van der Waals surface area contributed by atoms with Crippen molar-refractivity contribution in [2.45, 2.75) is 76.9 Å². The molecule has 252 valence electrons. The smallest absolute Gasteiger partial charge is 0.409 e. The van der Waals surface area contributed by atoms with E-state index in [1.807, 2.05) is 32.0 Å². The molecular weight excluding hydrogens is 622 g/mol. The molecule has 1 aliphatic heterocycles. The maximum absolute atomic E-state index is 14.4. The van der Waals surface area contributed by atoms with Gasteiger partial charge in [0, 0.05) is 35.8 Å². The van der Waals surface area contributed by atoms with Crippen LogP contribution in [0.15, 0.2) is 53.4 Å². The second kappa shape index (κ2) is 13.5. The number of carbonyl (C=O) groups is 2. The summed E-state index contributed by atoms with van der Waals surface area (Å²) < 4.78 is 41.1. The first-order chi connectivity index (χ1) is 22.2. The first kappa shape index (κ1) is 34.1. The van der Waals surface area contributed by atoms with Crippen molar-refractivity contribution in [3.63, 3.8) is 0 Å². The summed E-state index contributed by atoms with van der Waals surface area (Å²) in [5.74, 6) is -0.323. The molecular formula is C34H43N5O7S. The minimum Gasteiger partial charge on any atom is -0.475 e. The van der Waals surface area contributed by atoms with Crippen molar-refractivity contribution in [1.29, 1.82) is 0 Å². The normalized spacial score (nSPS) is 20.8. The lowest BCUT2D eigenvalue weighted by Gasteiger charge is -2.50. The standard InChI is InChI=1S/C34H43N5O7S/c1-21-9-7-10-22(2)30(21)28-18-29-36-32(35-28)37-47(43,44)27-12-8-11-23(15-27)31(41)39(26(20-46-29)19-34(3,4)5)25-16-24(17-25)38(13-14-40)33(42)45-6/h7-12,15,18,24-26,40H,13-14,16-17,19-20H2,1-6H3,(H,35,36,37)/t24?,25?,26-/m1/s1. The van der Waals surface area contributed by atoms with E-state index in [0.29, 0.717) is 25.0 Å². The number of methoxy groups -OCH3 is 1. The number of hydrogen-bond donors (Lipinski definition) is 2. The van der Waals surface area contributed by atoms with E-state index in [-0.39, 0.29) is 65.5 Å². The zero-order valence-electron chi connectivity index (χ0n) is 27.7. The lowest BCUT2D eigenvalue weighted by Crippen LogP contribution is -2.60. The molecule has 1 saturated carbocycles. The van der Waals surface area contributed by atoms with Gasteiger partial charge in [-0.1, -0.05) is 45.0 Å². The van der Waals surface area contributed by atoms with Gasteiger partial charge in [-0.05, 0) is 67.9 Å². The third kappa shape index (κ3) is 7.51. The molecule has 2 N–H and O–H groups in total. The molecule has 47 heavy (non-hydrogen) atoms. The van der Waals surface area contributed by atoms with Crippen molar-refractivity contribution in [2.24, 2.45) is 5.41 Å². The van der Waals surface area contributed by atoms with Gasteiger partial charge in [-0.25, -0.2) is 22.9 Å². The summed E-state index contributed by atoms with van der Waals surface area (Å²) in [5, 5.41) is 9.58. The van der Waals surface area contributed by atoms with Crippen LogP contribution in [0.4, 0.5) is 10.7 Å². The van der Waals surface area contributed by atoms with Crippen LogP contribution in [0.2, 0.25) is 0 Å². The number of aliphatic hydroxyl groups excluding tert-OH is 1. The van der Waals surface area contributed by atoms with Crippen LogP contribution in [-0.4, -0.2) is 90.3 Å². The third-order valence-electron chi connectivity index (χ3n) is 8.63. The molecule has 1 aliphatic carbocycles. The van der Waals surface area contributed by atoms with Gasteiger partial charge in [0.05, 0.1) is 30.3 Å². The summed E-state index contributed by atoms with van der Waals surface area (Å²) in [6.07, 6.45) is 0.929. The van der Waals surface area contributed by atoms with Gasteiger partial charge >= 0.3 is 6.09 Å². The molecule has 4 bridgehead atoms. The van der Waals surface area contributed by atoms with Gasteiger partial charge in [-0.3, -0.25) is 4.79 Å². The van der Waals surface area contributed by atoms with E-state index in [4.69, 9.17) is 9.47 Å². The van der Waals surface area contributed by atoms with E-state index in [0.717, 1.165) is 16.7 Å². The summed E-state index contributed by atoms with van der Waals surface area (Å²) in [5.41, 5.74) is 3.25. The Kier molecular flexibility index (Phi) is 9.78. The Labute approximate surface area is 276 Å². The van der Waals surface area contributed by atoms with Crippen LogP contribution >= 0.6 is 0 Å². The summed E-state index contributed by atoms with van der Waals surface area (Å²) in [4.78, 5) is 39.1. The van der Waals surface area contributed by atoms with E-state index < -0.39 is 22.2 Å². The van der Waals surface area contributed by atoms with E-state index in [9.17, 15) is 23.1 Å². The SMILES string of the molecule is COC(=O)N(CCO)C1CC(N2C(=O)c3cccc(c3)S(=O)(=O)Nc3nc(cc(-c4c(C)cccc4C)n3)OC[C@H]2CC(C)(C)C)C1. The average molecular weight is 666 g/mol. The van der Waals surface area contributed by atoms with E-state index in [1.165, 1.54) is 30.2 Å². The molecule has 1 atom stereocenters. The van der Waals surface area contributed by atoms with Gasteiger partial charge in [0.1, 0.15) is 6.61 Å². The Hall–Kier alpha value is -4.23. The van der Waals surface area contributed by atoms with E-state index >= 15 is 0 Å². The number of ether oxygens (including phenoxy) is 2. The highest BCUT2D eigenvalue weighted by Crippen LogP contribution is 2.37. The fourth-order valence-corrected chi connectivity index (χ4v) is 7.45. The molecule has 1 fully saturated rings. The molecule has 2 aliphatic rings. The number of fused-ring (bicyclic) bond motifs is 4. The lowest BCUT2D eigenvalue weighted by atomic mass is 9.81. The number of hydrogen-bond acceptors (Lipinski definition) is 9. The highest BCUT2D eigenvalue weighted by Gasteiger charge is 2.44. The Morgan fingerprint density at radius 1 is 1.11 bits per heavy atom. The molecule has 3 aromatic rings. The molecule has 12 nitrogen and oxygen atoms in total. The van der Waals surface area contributed by atoms with Gasteiger partial charge in [0.25, 0.3) is 15.9 Å². The number of aliphatic hydroxyl groups is 1. The number of rotatable bonds is 6. The second-order valence-electron chi connectivity index (χ2n) is 13.4. The zero-order valence-corrected chi connectivity index (χ0v) is 28.5. The number of aromatic nitrogens is 2. The number of benzene rings is 2. The molecule has 2 heterocycles. The minimum atomic E-state index is -4.19. The summed E-state index contributed by atoms with van der Waals surface area (Å²) in [7, 11) is -2.90. The molecule has 0 radical (unpaired) electrons. The second-order valence-corrected chi connectivity index (χ2v) is 15.1. The van der Waals surface area contributed by atoms with Crippen LogP contribution < -0.4 is 9.46 Å². The monoisotopic (exact) mass is 665 g/mol. The quantitative estimate of drug-likeness (QED) is 0.379. The van der Waals surface area contributed by atoms with E-state index in [2.05, 4.69) is 35.5 Å². The van der Waals surface area contributed by atoms with E-state index in [1.54, 1.807) is 17.0 Å². The maximum atomic E-state index is 14.4. The van der Waals surface area contributed by atoms with Crippen molar-refractivity contribution < 1.29 is 32.6 Å². The maximum Gasteiger partial charge on any atom is 0.409 e.